The number of hydrogen-bond acceptors (Lipinski definition) is 3. The van der Waals surface area contributed by atoms with Crippen LogP contribution in [0.5, 0.6) is 5.75 Å². The van der Waals surface area contributed by atoms with E-state index >= 15 is 0 Å². The number of rotatable bonds is 6. The van der Waals surface area contributed by atoms with Gasteiger partial charge in [-0.15, -0.1) is 0 Å². The monoisotopic (exact) mass is 276 g/mol. The molecule has 0 aromatic heterocycles. The predicted octanol–water partition coefficient (Wildman–Crippen LogP) is 1.82. The van der Waals surface area contributed by atoms with Gasteiger partial charge in [0, 0.05) is 6.54 Å². The zero-order chi connectivity index (χ0) is 14.2. The number of carbonyl (C=O) groups is 1. The molecule has 4 nitrogen and oxygen atoms in total. The predicted molar refractivity (Wildman–Crippen MR) is 79.7 cm³/mol. The van der Waals surface area contributed by atoms with Crippen LogP contribution in [0.25, 0.3) is 0 Å². The van der Waals surface area contributed by atoms with Crippen LogP contribution in [0.1, 0.15) is 19.8 Å². The van der Waals surface area contributed by atoms with E-state index in [1.807, 2.05) is 30.3 Å². The highest BCUT2D eigenvalue weighted by molar-refractivity contribution is 5.75. The summed E-state index contributed by atoms with van der Waals surface area (Å²) in [6.45, 7) is 5.56. The van der Waals surface area contributed by atoms with Crippen LogP contribution >= 0.6 is 0 Å². The van der Waals surface area contributed by atoms with E-state index in [9.17, 15) is 4.79 Å². The number of carbonyl (C=O) groups excluding carboxylic acids is 1. The molecule has 0 bridgehead atoms. The van der Waals surface area contributed by atoms with Crippen LogP contribution in [-0.2, 0) is 4.79 Å². The minimum atomic E-state index is 0.0756. The molecular weight excluding hydrogens is 252 g/mol. The zero-order valence-electron chi connectivity index (χ0n) is 12.1. The van der Waals surface area contributed by atoms with Gasteiger partial charge >= 0.3 is 0 Å². The van der Waals surface area contributed by atoms with Crippen LogP contribution in [-0.4, -0.2) is 32.1 Å². The van der Waals surface area contributed by atoms with Crippen molar-refractivity contribution in [3.8, 4) is 5.75 Å². The summed E-state index contributed by atoms with van der Waals surface area (Å²) >= 11 is 0. The standard InChI is InChI=1S/C16H24N2O2/c1-13-11-17-9-7-14(13)12-18-16(19)8-10-20-15-5-3-2-4-6-15/h2-6,13-14,17H,7-12H2,1H3,(H,18,19). The molecule has 1 heterocycles. The first kappa shape index (κ1) is 14.9. The van der Waals surface area contributed by atoms with Gasteiger partial charge in [0.05, 0.1) is 13.0 Å². The Balaban J connectivity index is 1.60. The molecule has 2 unspecified atom stereocenters. The van der Waals surface area contributed by atoms with Crippen molar-refractivity contribution < 1.29 is 9.53 Å². The van der Waals surface area contributed by atoms with Crippen LogP contribution in [0.3, 0.4) is 0 Å². The van der Waals surface area contributed by atoms with Crippen molar-refractivity contribution in [3.63, 3.8) is 0 Å². The maximum absolute atomic E-state index is 11.8. The van der Waals surface area contributed by atoms with Gasteiger partial charge < -0.3 is 15.4 Å². The van der Waals surface area contributed by atoms with E-state index in [-0.39, 0.29) is 5.91 Å². The second kappa shape index (κ2) is 7.90. The smallest absolute Gasteiger partial charge is 0.223 e. The maximum Gasteiger partial charge on any atom is 0.223 e. The molecule has 1 aliphatic rings. The Hall–Kier alpha value is -1.55. The first-order valence-corrected chi connectivity index (χ1v) is 7.41. The van der Waals surface area contributed by atoms with Gasteiger partial charge in [-0.2, -0.15) is 0 Å². The third-order valence-corrected chi connectivity index (χ3v) is 3.87. The number of nitrogens with one attached hydrogen (secondary N) is 2. The highest BCUT2D eigenvalue weighted by atomic mass is 16.5. The lowest BCUT2D eigenvalue weighted by atomic mass is 9.88. The Morgan fingerprint density at radius 3 is 2.95 bits per heavy atom. The Bertz CT molecular complexity index is 408. The fourth-order valence-corrected chi connectivity index (χ4v) is 2.48. The molecule has 0 saturated carbocycles. The van der Waals surface area contributed by atoms with Crippen molar-refractivity contribution in [2.75, 3.05) is 26.2 Å². The minimum Gasteiger partial charge on any atom is -0.493 e. The first-order valence-electron chi connectivity index (χ1n) is 7.41. The maximum atomic E-state index is 11.8. The van der Waals surface area contributed by atoms with Crippen LogP contribution < -0.4 is 15.4 Å². The van der Waals surface area contributed by atoms with Crippen molar-refractivity contribution in [2.24, 2.45) is 11.8 Å². The Morgan fingerprint density at radius 2 is 2.20 bits per heavy atom. The van der Waals surface area contributed by atoms with Crippen LogP contribution in [0.15, 0.2) is 30.3 Å². The summed E-state index contributed by atoms with van der Waals surface area (Å²) in [5, 5.41) is 6.39. The summed E-state index contributed by atoms with van der Waals surface area (Å²) in [7, 11) is 0. The summed E-state index contributed by atoms with van der Waals surface area (Å²) in [5.74, 6) is 2.11. The summed E-state index contributed by atoms with van der Waals surface area (Å²) in [5.41, 5.74) is 0. The second-order valence-corrected chi connectivity index (χ2v) is 5.45. The van der Waals surface area contributed by atoms with E-state index in [2.05, 4.69) is 17.6 Å². The van der Waals surface area contributed by atoms with E-state index in [0.29, 0.717) is 24.9 Å². The van der Waals surface area contributed by atoms with Crippen molar-refractivity contribution >= 4 is 5.91 Å². The SMILES string of the molecule is CC1CNCCC1CNC(=O)CCOc1ccccc1. The Kier molecular flexibility index (Phi) is 5.87. The summed E-state index contributed by atoms with van der Waals surface area (Å²) in [4.78, 5) is 11.8. The molecule has 1 aromatic carbocycles. The van der Waals surface area contributed by atoms with E-state index in [1.165, 1.54) is 0 Å². The number of piperidine rings is 1. The number of benzene rings is 1. The third kappa shape index (κ3) is 4.85. The van der Waals surface area contributed by atoms with E-state index in [1.54, 1.807) is 0 Å². The summed E-state index contributed by atoms with van der Waals surface area (Å²) < 4.78 is 5.52. The molecule has 2 atom stereocenters. The molecular formula is C16H24N2O2. The molecule has 2 N–H and O–H groups in total. The van der Waals surface area contributed by atoms with E-state index in [4.69, 9.17) is 4.74 Å². The van der Waals surface area contributed by atoms with E-state index < -0.39 is 0 Å². The lowest BCUT2D eigenvalue weighted by Crippen LogP contribution is -2.41. The first-order chi connectivity index (χ1) is 9.75. The molecule has 1 fully saturated rings. The topological polar surface area (TPSA) is 50.4 Å². The molecule has 4 heteroatoms. The lowest BCUT2D eigenvalue weighted by Gasteiger charge is -2.29. The van der Waals surface area contributed by atoms with Crippen molar-refractivity contribution in [1.82, 2.24) is 10.6 Å². The van der Waals surface area contributed by atoms with E-state index in [0.717, 1.165) is 31.8 Å². The van der Waals surface area contributed by atoms with Crippen LogP contribution in [0.4, 0.5) is 0 Å². The number of ether oxygens (including phenoxy) is 1. The Labute approximate surface area is 120 Å². The van der Waals surface area contributed by atoms with Gasteiger partial charge in [0.25, 0.3) is 0 Å². The van der Waals surface area contributed by atoms with Crippen molar-refractivity contribution in [3.05, 3.63) is 30.3 Å². The highest BCUT2D eigenvalue weighted by Gasteiger charge is 2.21. The molecule has 1 aliphatic heterocycles. The van der Waals surface area contributed by atoms with Crippen molar-refractivity contribution in [2.45, 2.75) is 19.8 Å². The number of amides is 1. The molecule has 0 radical (unpaired) electrons. The normalized spacial score (nSPS) is 22.2. The highest BCUT2D eigenvalue weighted by Crippen LogP contribution is 2.17. The molecule has 2 rings (SSSR count). The van der Waals surface area contributed by atoms with Crippen LogP contribution in [0, 0.1) is 11.8 Å². The average Bonchev–Trinajstić information content (AvgIpc) is 2.47. The van der Waals surface area contributed by atoms with Gasteiger partial charge in [-0.05, 0) is 43.5 Å². The molecule has 110 valence electrons. The largest absolute Gasteiger partial charge is 0.493 e. The summed E-state index contributed by atoms with van der Waals surface area (Å²) in [6, 6.07) is 9.59. The quantitative estimate of drug-likeness (QED) is 0.833. The minimum absolute atomic E-state index is 0.0756. The van der Waals surface area contributed by atoms with Crippen LogP contribution in [0.2, 0.25) is 0 Å². The van der Waals surface area contributed by atoms with Gasteiger partial charge in [0.2, 0.25) is 5.91 Å². The zero-order valence-corrected chi connectivity index (χ0v) is 12.1. The fraction of sp³-hybridized carbons (Fsp3) is 0.562. The third-order valence-electron chi connectivity index (χ3n) is 3.87. The molecule has 1 aromatic rings. The van der Waals surface area contributed by atoms with Gasteiger partial charge in [-0.3, -0.25) is 4.79 Å². The Morgan fingerprint density at radius 1 is 1.40 bits per heavy atom. The number of para-hydroxylation sites is 1. The molecule has 20 heavy (non-hydrogen) atoms. The summed E-state index contributed by atoms with van der Waals surface area (Å²) in [6.07, 6.45) is 1.55. The van der Waals surface area contributed by atoms with Gasteiger partial charge in [-0.25, -0.2) is 0 Å². The lowest BCUT2D eigenvalue weighted by molar-refractivity contribution is -0.121. The average molecular weight is 276 g/mol. The molecule has 0 aliphatic carbocycles. The van der Waals surface area contributed by atoms with Crippen molar-refractivity contribution in [1.29, 1.82) is 0 Å². The fourth-order valence-electron chi connectivity index (χ4n) is 2.48. The molecule has 1 saturated heterocycles. The van der Waals surface area contributed by atoms with Gasteiger partial charge in [0.1, 0.15) is 5.75 Å². The number of hydrogen-bond donors (Lipinski definition) is 2. The van der Waals surface area contributed by atoms with Gasteiger partial charge in [0.15, 0.2) is 0 Å². The molecule has 0 spiro atoms. The molecule has 1 amide bonds. The van der Waals surface area contributed by atoms with Gasteiger partial charge in [-0.1, -0.05) is 25.1 Å². The second-order valence-electron chi connectivity index (χ2n) is 5.45.